The molecular formula is C50H32N2. The Morgan fingerprint density at radius 2 is 0.712 bits per heavy atom. The van der Waals surface area contributed by atoms with Crippen molar-refractivity contribution in [2.45, 2.75) is 0 Å². The van der Waals surface area contributed by atoms with Crippen molar-refractivity contribution >= 4 is 21.5 Å². The predicted molar refractivity (Wildman–Crippen MR) is 217 cm³/mol. The highest BCUT2D eigenvalue weighted by Crippen LogP contribution is 2.41. The van der Waals surface area contributed by atoms with Crippen molar-refractivity contribution in [3.8, 4) is 73.1 Å². The zero-order valence-electron chi connectivity index (χ0n) is 28.4. The Labute approximate surface area is 303 Å². The van der Waals surface area contributed by atoms with Crippen molar-refractivity contribution in [3.05, 3.63) is 200 Å². The molecule has 0 N–H and O–H groups in total. The molecule has 52 heavy (non-hydrogen) atoms. The monoisotopic (exact) mass is 660 g/mol. The van der Waals surface area contributed by atoms with Gasteiger partial charge in [0.05, 0.1) is 23.0 Å². The Morgan fingerprint density at radius 3 is 1.27 bits per heavy atom. The third kappa shape index (κ3) is 5.71. The van der Waals surface area contributed by atoms with E-state index in [1.165, 1.54) is 43.8 Å². The zero-order valence-corrected chi connectivity index (χ0v) is 28.4. The molecule has 0 unspecified atom stereocenters. The highest BCUT2D eigenvalue weighted by molar-refractivity contribution is 6.11. The van der Waals surface area contributed by atoms with E-state index in [2.05, 4.69) is 164 Å². The van der Waals surface area contributed by atoms with Crippen molar-refractivity contribution in [2.24, 2.45) is 0 Å². The van der Waals surface area contributed by atoms with Gasteiger partial charge in [-0.25, -0.2) is 4.98 Å². The number of aromatic nitrogens is 1. The van der Waals surface area contributed by atoms with E-state index in [1.807, 2.05) is 36.4 Å². The SMILES string of the molecule is N#Cc1ccc(-c2ccc(-c3cccc4c(-c5ccc(-c6cc(-c7ccccc7)nc(-c7ccccc7)c6)cc5)cccc34)c3ccccc23)cc1. The quantitative estimate of drug-likeness (QED) is 0.178. The van der Waals surface area contributed by atoms with Gasteiger partial charge in [-0.15, -0.1) is 0 Å². The Hall–Kier alpha value is -7.08. The Morgan fingerprint density at radius 1 is 0.308 bits per heavy atom. The molecule has 2 heteroatoms. The summed E-state index contributed by atoms with van der Waals surface area (Å²) in [6.07, 6.45) is 0. The smallest absolute Gasteiger partial charge is 0.0991 e. The molecule has 0 radical (unpaired) electrons. The van der Waals surface area contributed by atoms with Crippen LogP contribution in [-0.2, 0) is 0 Å². The Bertz CT molecular complexity index is 2700. The lowest BCUT2D eigenvalue weighted by atomic mass is 9.88. The summed E-state index contributed by atoms with van der Waals surface area (Å²) < 4.78 is 0. The van der Waals surface area contributed by atoms with Crippen LogP contribution < -0.4 is 0 Å². The number of hydrogen-bond acceptors (Lipinski definition) is 2. The first-order valence-electron chi connectivity index (χ1n) is 17.5. The maximum absolute atomic E-state index is 9.31. The number of nitriles is 1. The Balaban J connectivity index is 1.11. The van der Waals surface area contributed by atoms with E-state index in [-0.39, 0.29) is 0 Å². The van der Waals surface area contributed by atoms with Gasteiger partial charge in [0.2, 0.25) is 0 Å². The van der Waals surface area contributed by atoms with E-state index in [0.29, 0.717) is 5.56 Å². The largest absolute Gasteiger partial charge is 0.248 e. The van der Waals surface area contributed by atoms with E-state index in [1.54, 1.807) is 0 Å². The van der Waals surface area contributed by atoms with Crippen LogP contribution in [0.25, 0.3) is 88.6 Å². The van der Waals surface area contributed by atoms with Gasteiger partial charge in [-0.2, -0.15) is 5.26 Å². The molecule has 0 fully saturated rings. The van der Waals surface area contributed by atoms with E-state index in [9.17, 15) is 5.26 Å². The van der Waals surface area contributed by atoms with Crippen molar-refractivity contribution < 1.29 is 0 Å². The number of nitrogens with zero attached hydrogens (tertiary/aromatic N) is 2. The first kappa shape index (κ1) is 30.9. The fraction of sp³-hybridized carbons (Fsp3) is 0. The predicted octanol–water partition coefficient (Wildman–Crippen LogP) is 13.3. The Kier molecular flexibility index (Phi) is 7.93. The van der Waals surface area contributed by atoms with Gasteiger partial charge in [0.15, 0.2) is 0 Å². The van der Waals surface area contributed by atoms with Gasteiger partial charge in [0, 0.05) is 11.1 Å². The second-order valence-electron chi connectivity index (χ2n) is 13.0. The number of hydrogen-bond donors (Lipinski definition) is 0. The molecule has 1 aromatic heterocycles. The highest BCUT2D eigenvalue weighted by Gasteiger charge is 2.14. The van der Waals surface area contributed by atoms with Gasteiger partial charge in [-0.05, 0) is 90.3 Å². The summed E-state index contributed by atoms with van der Waals surface area (Å²) in [7, 11) is 0. The van der Waals surface area contributed by atoms with Gasteiger partial charge < -0.3 is 0 Å². The molecule has 0 spiro atoms. The first-order chi connectivity index (χ1) is 25.7. The molecule has 0 aliphatic rings. The van der Waals surface area contributed by atoms with Crippen LogP contribution in [0.2, 0.25) is 0 Å². The van der Waals surface area contributed by atoms with E-state index in [0.717, 1.165) is 44.8 Å². The number of fused-ring (bicyclic) bond motifs is 2. The first-order valence-corrected chi connectivity index (χ1v) is 17.5. The summed E-state index contributed by atoms with van der Waals surface area (Å²) in [6, 6.07) is 70.5. The standard InChI is InChI=1S/C50H32N2/c51-33-34-21-23-36(24-22-34)42-29-30-48(45-16-8-7-15-43(42)45)47-20-10-18-44-41(17-9-19-46(44)47)37-27-25-35(26-28-37)40-31-49(38-11-3-1-4-12-38)52-50(32-40)39-13-5-2-6-14-39/h1-32H. The van der Waals surface area contributed by atoms with Gasteiger partial charge in [-0.3, -0.25) is 0 Å². The van der Waals surface area contributed by atoms with Crippen LogP contribution in [0.5, 0.6) is 0 Å². The van der Waals surface area contributed by atoms with Gasteiger partial charge >= 0.3 is 0 Å². The van der Waals surface area contributed by atoms with Crippen molar-refractivity contribution in [3.63, 3.8) is 0 Å². The van der Waals surface area contributed by atoms with Gasteiger partial charge in [-0.1, -0.05) is 170 Å². The normalized spacial score (nSPS) is 11.1. The molecule has 8 aromatic carbocycles. The minimum atomic E-state index is 0.664. The summed E-state index contributed by atoms with van der Waals surface area (Å²) in [6.45, 7) is 0. The molecule has 0 saturated heterocycles. The van der Waals surface area contributed by atoms with Gasteiger partial charge in [0.25, 0.3) is 0 Å². The van der Waals surface area contributed by atoms with Gasteiger partial charge in [0.1, 0.15) is 0 Å². The molecule has 9 rings (SSSR count). The average Bonchev–Trinajstić information content (AvgIpc) is 3.23. The van der Waals surface area contributed by atoms with Crippen LogP contribution in [0.15, 0.2) is 194 Å². The summed E-state index contributed by atoms with van der Waals surface area (Å²) >= 11 is 0. The second-order valence-corrected chi connectivity index (χ2v) is 13.0. The highest BCUT2D eigenvalue weighted by atomic mass is 14.7. The van der Waals surface area contributed by atoms with Crippen LogP contribution >= 0.6 is 0 Å². The number of pyridine rings is 1. The van der Waals surface area contributed by atoms with Crippen LogP contribution in [0.1, 0.15) is 5.56 Å². The molecule has 1 heterocycles. The van der Waals surface area contributed by atoms with Crippen LogP contribution in [0, 0.1) is 11.3 Å². The molecule has 9 aromatic rings. The molecule has 0 aliphatic heterocycles. The van der Waals surface area contributed by atoms with Crippen LogP contribution in [-0.4, -0.2) is 4.98 Å². The fourth-order valence-electron chi connectivity index (χ4n) is 7.36. The summed E-state index contributed by atoms with van der Waals surface area (Å²) in [5, 5.41) is 14.1. The molecule has 0 bridgehead atoms. The lowest BCUT2D eigenvalue weighted by molar-refractivity contribution is 1.32. The van der Waals surface area contributed by atoms with E-state index >= 15 is 0 Å². The molecule has 242 valence electrons. The van der Waals surface area contributed by atoms with Crippen molar-refractivity contribution in [2.75, 3.05) is 0 Å². The second kappa shape index (κ2) is 13.3. The van der Waals surface area contributed by atoms with E-state index < -0.39 is 0 Å². The molecule has 0 amide bonds. The molecule has 2 nitrogen and oxygen atoms in total. The minimum Gasteiger partial charge on any atom is -0.248 e. The summed E-state index contributed by atoms with van der Waals surface area (Å²) in [5.41, 5.74) is 14.1. The summed E-state index contributed by atoms with van der Waals surface area (Å²) in [5.74, 6) is 0. The lowest BCUT2D eigenvalue weighted by Crippen LogP contribution is -1.91. The van der Waals surface area contributed by atoms with Crippen LogP contribution in [0.3, 0.4) is 0 Å². The third-order valence-electron chi connectivity index (χ3n) is 9.96. The zero-order chi connectivity index (χ0) is 34.9. The maximum Gasteiger partial charge on any atom is 0.0991 e. The fourth-order valence-corrected chi connectivity index (χ4v) is 7.36. The average molecular weight is 661 g/mol. The van der Waals surface area contributed by atoms with Crippen molar-refractivity contribution in [1.29, 1.82) is 5.26 Å². The third-order valence-corrected chi connectivity index (χ3v) is 9.96. The van der Waals surface area contributed by atoms with E-state index in [4.69, 9.17) is 4.98 Å². The topological polar surface area (TPSA) is 36.7 Å². The van der Waals surface area contributed by atoms with Crippen molar-refractivity contribution in [1.82, 2.24) is 4.98 Å². The molecule has 0 saturated carbocycles. The number of benzene rings is 8. The maximum atomic E-state index is 9.31. The number of rotatable bonds is 6. The molecule has 0 aliphatic carbocycles. The summed E-state index contributed by atoms with van der Waals surface area (Å²) in [4.78, 5) is 5.07. The van der Waals surface area contributed by atoms with Crippen LogP contribution in [0.4, 0.5) is 0 Å². The molecule has 0 atom stereocenters. The minimum absolute atomic E-state index is 0.664. The molecular weight excluding hydrogens is 629 g/mol. The lowest BCUT2D eigenvalue weighted by Gasteiger charge is -2.15.